The molecule has 13 heavy (non-hydrogen) atoms. The zero-order valence-corrected chi connectivity index (χ0v) is 7.23. The van der Waals surface area contributed by atoms with Crippen molar-refractivity contribution in [1.29, 1.82) is 21.0 Å². The van der Waals surface area contributed by atoms with Crippen molar-refractivity contribution in [3.63, 3.8) is 0 Å². The Morgan fingerprint density at radius 2 is 1.15 bits per heavy atom. The van der Waals surface area contributed by atoms with Crippen LogP contribution in [0.1, 0.15) is 13.3 Å². The topological polar surface area (TPSA) is 95.2 Å². The minimum absolute atomic E-state index is 0.468. The average Bonchev–Trinajstić information content (AvgIpc) is 2.18. The van der Waals surface area contributed by atoms with Gasteiger partial charge in [0.1, 0.15) is 11.8 Å². The SMILES string of the molecule is CCC(C(C#N)C#N)C(C#N)C#N. The van der Waals surface area contributed by atoms with Crippen molar-refractivity contribution in [3.8, 4) is 24.3 Å². The van der Waals surface area contributed by atoms with Crippen molar-refractivity contribution in [1.82, 2.24) is 0 Å². The first-order valence-electron chi connectivity index (χ1n) is 3.83. The Morgan fingerprint density at radius 3 is 1.31 bits per heavy atom. The zero-order valence-electron chi connectivity index (χ0n) is 7.23. The van der Waals surface area contributed by atoms with Gasteiger partial charge in [0.05, 0.1) is 24.3 Å². The minimum Gasteiger partial charge on any atom is -0.197 e. The van der Waals surface area contributed by atoms with E-state index in [4.69, 9.17) is 21.0 Å². The summed E-state index contributed by atoms with van der Waals surface area (Å²) in [6.45, 7) is 1.76. The predicted molar refractivity (Wildman–Crippen MR) is 43.2 cm³/mol. The Hall–Kier alpha value is -2.04. The maximum absolute atomic E-state index is 8.58. The lowest BCUT2D eigenvalue weighted by Crippen LogP contribution is -2.19. The second-order valence-corrected chi connectivity index (χ2v) is 2.54. The molecule has 0 atom stereocenters. The van der Waals surface area contributed by atoms with Crippen LogP contribution in [-0.4, -0.2) is 0 Å². The molecule has 64 valence electrons. The van der Waals surface area contributed by atoms with Gasteiger partial charge in [0.15, 0.2) is 0 Å². The number of hydrogen-bond acceptors (Lipinski definition) is 4. The molecule has 0 bridgehead atoms. The molecule has 4 nitrogen and oxygen atoms in total. The lowest BCUT2D eigenvalue weighted by molar-refractivity contribution is 0.403. The highest BCUT2D eigenvalue weighted by molar-refractivity contribution is 5.12. The lowest BCUT2D eigenvalue weighted by Gasteiger charge is -2.14. The Bertz CT molecular complexity index is 259. The van der Waals surface area contributed by atoms with Crippen LogP contribution in [-0.2, 0) is 0 Å². The van der Waals surface area contributed by atoms with Gasteiger partial charge in [-0.05, 0) is 6.42 Å². The zero-order chi connectivity index (χ0) is 10.3. The molecule has 0 fully saturated rings. The van der Waals surface area contributed by atoms with Gasteiger partial charge in [-0.25, -0.2) is 0 Å². The van der Waals surface area contributed by atoms with Gasteiger partial charge < -0.3 is 0 Å². The number of nitrogens with zero attached hydrogens (tertiary/aromatic N) is 4. The molecule has 0 aromatic heterocycles. The maximum Gasteiger partial charge on any atom is 0.138 e. The van der Waals surface area contributed by atoms with Crippen LogP contribution in [0.2, 0.25) is 0 Å². The fraction of sp³-hybridized carbons (Fsp3) is 0.556. The van der Waals surface area contributed by atoms with E-state index in [9.17, 15) is 0 Å². The molecule has 0 saturated heterocycles. The van der Waals surface area contributed by atoms with Crippen molar-refractivity contribution in [3.05, 3.63) is 0 Å². The molecule has 0 amide bonds. The van der Waals surface area contributed by atoms with Gasteiger partial charge in [0.2, 0.25) is 0 Å². The van der Waals surface area contributed by atoms with Crippen molar-refractivity contribution >= 4 is 0 Å². The average molecular weight is 172 g/mol. The molecular formula is C9H8N4. The van der Waals surface area contributed by atoms with E-state index in [1.54, 1.807) is 31.2 Å². The summed E-state index contributed by atoms with van der Waals surface area (Å²) in [5.74, 6) is -2.20. The summed E-state index contributed by atoms with van der Waals surface area (Å²) in [5, 5.41) is 34.3. The summed E-state index contributed by atoms with van der Waals surface area (Å²) in [4.78, 5) is 0. The van der Waals surface area contributed by atoms with Gasteiger partial charge in [-0.3, -0.25) is 0 Å². The third-order valence-corrected chi connectivity index (χ3v) is 1.88. The molecule has 0 rings (SSSR count). The van der Waals surface area contributed by atoms with Gasteiger partial charge in [-0.1, -0.05) is 6.92 Å². The van der Waals surface area contributed by atoms with Crippen LogP contribution in [0.3, 0.4) is 0 Å². The van der Waals surface area contributed by atoms with Crippen LogP contribution in [0.4, 0.5) is 0 Å². The van der Waals surface area contributed by atoms with E-state index in [-0.39, 0.29) is 0 Å². The van der Waals surface area contributed by atoms with E-state index in [2.05, 4.69) is 0 Å². The van der Waals surface area contributed by atoms with Crippen LogP contribution in [0.5, 0.6) is 0 Å². The summed E-state index contributed by atoms with van der Waals surface area (Å²) < 4.78 is 0. The van der Waals surface area contributed by atoms with E-state index in [0.717, 1.165) is 0 Å². The first kappa shape index (κ1) is 11.0. The monoisotopic (exact) mass is 172 g/mol. The number of rotatable bonds is 3. The van der Waals surface area contributed by atoms with Crippen LogP contribution in [0.15, 0.2) is 0 Å². The fourth-order valence-corrected chi connectivity index (χ4v) is 1.10. The first-order valence-corrected chi connectivity index (χ1v) is 3.83. The summed E-state index contributed by atoms with van der Waals surface area (Å²) >= 11 is 0. The quantitative estimate of drug-likeness (QED) is 0.641. The van der Waals surface area contributed by atoms with Crippen molar-refractivity contribution in [2.45, 2.75) is 13.3 Å². The third kappa shape index (κ3) is 2.48. The molecule has 0 aliphatic rings. The van der Waals surface area contributed by atoms with E-state index in [1.165, 1.54) is 0 Å². The predicted octanol–water partition coefficient (Wildman–Crippen LogP) is 1.34. The molecule has 0 aromatic rings. The van der Waals surface area contributed by atoms with Gasteiger partial charge >= 0.3 is 0 Å². The van der Waals surface area contributed by atoms with Gasteiger partial charge in [-0.2, -0.15) is 21.0 Å². The number of hydrogen-bond donors (Lipinski definition) is 0. The molecule has 0 N–H and O–H groups in total. The molecular weight excluding hydrogens is 164 g/mol. The summed E-state index contributed by atoms with van der Waals surface area (Å²) in [6, 6.07) is 7.15. The Labute approximate surface area is 77.2 Å². The van der Waals surface area contributed by atoms with E-state index < -0.39 is 17.8 Å². The molecule has 0 heterocycles. The molecule has 0 unspecified atom stereocenters. The summed E-state index contributed by atoms with van der Waals surface area (Å²) in [7, 11) is 0. The lowest BCUT2D eigenvalue weighted by atomic mass is 9.82. The molecule has 0 aliphatic carbocycles. The van der Waals surface area contributed by atoms with Crippen LogP contribution >= 0.6 is 0 Å². The Balaban J connectivity index is 4.75. The minimum atomic E-state index is -0.866. The highest BCUT2D eigenvalue weighted by Gasteiger charge is 2.28. The standard InChI is InChI=1S/C9H8N4/c1-2-9(7(3-10)4-11)8(5-12)6-13/h7-9H,2H2,1H3. The highest BCUT2D eigenvalue weighted by atomic mass is 14.4. The third-order valence-electron chi connectivity index (χ3n) is 1.88. The van der Waals surface area contributed by atoms with E-state index in [1.807, 2.05) is 0 Å². The largest absolute Gasteiger partial charge is 0.197 e. The van der Waals surface area contributed by atoms with Gasteiger partial charge in [-0.15, -0.1) is 0 Å². The van der Waals surface area contributed by atoms with Gasteiger partial charge in [0.25, 0.3) is 0 Å². The fourth-order valence-electron chi connectivity index (χ4n) is 1.10. The summed E-state index contributed by atoms with van der Waals surface area (Å²) in [6.07, 6.45) is 0.484. The smallest absolute Gasteiger partial charge is 0.138 e. The molecule has 0 saturated carbocycles. The van der Waals surface area contributed by atoms with E-state index in [0.29, 0.717) is 6.42 Å². The molecule has 0 spiro atoms. The van der Waals surface area contributed by atoms with Crippen molar-refractivity contribution < 1.29 is 0 Å². The highest BCUT2D eigenvalue weighted by Crippen LogP contribution is 2.23. The maximum atomic E-state index is 8.58. The van der Waals surface area contributed by atoms with Crippen LogP contribution in [0, 0.1) is 63.1 Å². The second kappa shape index (κ2) is 5.59. The second-order valence-electron chi connectivity index (χ2n) is 2.54. The van der Waals surface area contributed by atoms with E-state index >= 15 is 0 Å². The molecule has 4 heteroatoms. The van der Waals surface area contributed by atoms with Crippen molar-refractivity contribution in [2.24, 2.45) is 17.8 Å². The van der Waals surface area contributed by atoms with Gasteiger partial charge in [0, 0.05) is 5.92 Å². The van der Waals surface area contributed by atoms with Crippen LogP contribution < -0.4 is 0 Å². The normalized spacial score (nSPS) is 8.92. The molecule has 0 aliphatic heterocycles. The molecule has 0 radical (unpaired) electrons. The Kier molecular flexibility index (Phi) is 4.71. The van der Waals surface area contributed by atoms with Crippen molar-refractivity contribution in [2.75, 3.05) is 0 Å². The van der Waals surface area contributed by atoms with Crippen LogP contribution in [0.25, 0.3) is 0 Å². The Morgan fingerprint density at radius 1 is 0.846 bits per heavy atom. The first-order chi connectivity index (χ1) is 6.24. The summed E-state index contributed by atoms with van der Waals surface area (Å²) in [5.41, 5.74) is 0. The molecule has 0 aromatic carbocycles. The number of nitriles is 4.